The lowest BCUT2D eigenvalue weighted by Gasteiger charge is -2.17. The Kier molecular flexibility index (Phi) is 8.40. The van der Waals surface area contributed by atoms with Gasteiger partial charge in [-0.2, -0.15) is 0 Å². The third-order valence-electron chi connectivity index (χ3n) is 5.82. The van der Waals surface area contributed by atoms with E-state index in [1.54, 1.807) is 30.3 Å². The summed E-state index contributed by atoms with van der Waals surface area (Å²) in [6, 6.07) is 30.8. The second kappa shape index (κ2) is 12.1. The van der Waals surface area contributed by atoms with Crippen molar-refractivity contribution in [2.24, 2.45) is 0 Å². The van der Waals surface area contributed by atoms with Crippen LogP contribution in [-0.4, -0.2) is 25.5 Å². The molecule has 0 aliphatic heterocycles. The monoisotopic (exact) mass is 529 g/mol. The van der Waals surface area contributed by atoms with Gasteiger partial charge in [-0.3, -0.25) is 9.52 Å². The molecule has 0 aliphatic carbocycles. The van der Waals surface area contributed by atoms with Crippen molar-refractivity contribution in [3.8, 4) is 0 Å². The van der Waals surface area contributed by atoms with Crippen molar-refractivity contribution in [1.29, 1.82) is 0 Å². The normalized spacial score (nSPS) is 11.8. The molecular formula is C29H27N3O5S. The van der Waals surface area contributed by atoms with Crippen molar-refractivity contribution in [2.45, 2.75) is 23.8 Å². The molecule has 1 atom stereocenters. The first kappa shape index (κ1) is 26.4. The molecule has 0 saturated carbocycles. The lowest BCUT2D eigenvalue weighted by molar-refractivity contribution is -0.137. The maximum atomic E-state index is 13.1. The molecule has 0 aliphatic rings. The maximum Gasteiger partial charge on any atom is 0.319 e. The number of benzene rings is 4. The van der Waals surface area contributed by atoms with Crippen molar-refractivity contribution < 1.29 is 23.1 Å². The number of sulfonamides is 1. The Morgan fingerprint density at radius 3 is 2.08 bits per heavy atom. The van der Waals surface area contributed by atoms with E-state index in [4.69, 9.17) is 0 Å². The van der Waals surface area contributed by atoms with Crippen LogP contribution in [-0.2, 0) is 21.4 Å². The van der Waals surface area contributed by atoms with E-state index in [0.717, 1.165) is 11.1 Å². The van der Waals surface area contributed by atoms with Gasteiger partial charge in [0.2, 0.25) is 0 Å². The van der Waals surface area contributed by atoms with Crippen LogP contribution in [0.5, 0.6) is 0 Å². The SMILES string of the molecule is O=C(O)CC(c1ccccc1)c1cccc(NS(=O)(=O)c2cccc(NC(=O)NCc3ccccc3)c2)c1. The average Bonchev–Trinajstić information content (AvgIpc) is 2.92. The van der Waals surface area contributed by atoms with E-state index in [9.17, 15) is 23.1 Å². The molecule has 0 bridgehead atoms. The summed E-state index contributed by atoms with van der Waals surface area (Å²) in [4.78, 5) is 23.8. The zero-order valence-electron chi connectivity index (χ0n) is 20.4. The van der Waals surface area contributed by atoms with E-state index in [1.807, 2.05) is 60.7 Å². The molecule has 4 rings (SSSR count). The molecule has 0 fully saturated rings. The van der Waals surface area contributed by atoms with Crippen LogP contribution in [0.15, 0.2) is 114 Å². The van der Waals surface area contributed by atoms with Gasteiger partial charge in [0.15, 0.2) is 0 Å². The van der Waals surface area contributed by atoms with E-state index in [0.29, 0.717) is 23.5 Å². The highest BCUT2D eigenvalue weighted by atomic mass is 32.2. The number of carbonyl (C=O) groups is 2. The molecule has 9 heteroatoms. The predicted octanol–water partition coefficient (Wildman–Crippen LogP) is 5.42. The summed E-state index contributed by atoms with van der Waals surface area (Å²) < 4.78 is 28.8. The molecule has 0 aromatic heterocycles. The van der Waals surface area contributed by atoms with Crippen molar-refractivity contribution in [2.75, 3.05) is 10.0 Å². The lowest BCUT2D eigenvalue weighted by atomic mass is 9.88. The first-order valence-electron chi connectivity index (χ1n) is 11.9. The number of anilines is 2. The van der Waals surface area contributed by atoms with Crippen LogP contribution in [0.2, 0.25) is 0 Å². The zero-order chi connectivity index (χ0) is 27.0. The smallest absolute Gasteiger partial charge is 0.319 e. The van der Waals surface area contributed by atoms with Crippen molar-refractivity contribution >= 4 is 33.4 Å². The fourth-order valence-electron chi connectivity index (χ4n) is 4.02. The Bertz CT molecular complexity index is 1510. The summed E-state index contributed by atoms with van der Waals surface area (Å²) in [6.07, 6.45) is -0.139. The minimum atomic E-state index is -4.00. The van der Waals surface area contributed by atoms with E-state index < -0.39 is 27.9 Å². The van der Waals surface area contributed by atoms with Gasteiger partial charge in [-0.25, -0.2) is 13.2 Å². The largest absolute Gasteiger partial charge is 0.481 e. The lowest BCUT2D eigenvalue weighted by Crippen LogP contribution is -2.28. The Balaban J connectivity index is 1.48. The van der Waals surface area contributed by atoms with E-state index in [1.165, 1.54) is 18.2 Å². The third-order valence-corrected chi connectivity index (χ3v) is 7.20. The molecule has 194 valence electrons. The molecular weight excluding hydrogens is 502 g/mol. The number of carboxylic acid groups (broad SMARTS) is 1. The number of carboxylic acids is 1. The standard InChI is InChI=1S/C29H27N3O5S/c33-28(34)19-27(22-11-5-2-6-12-22)23-13-7-15-25(17-23)32-38(36,37)26-16-8-14-24(18-26)31-29(35)30-20-21-9-3-1-4-10-21/h1-18,27,32H,19-20H2,(H,33,34)(H2,30,31,35). The second-order valence-corrected chi connectivity index (χ2v) is 10.3. The summed E-state index contributed by atoms with van der Waals surface area (Å²) in [6.45, 7) is 0.328. The van der Waals surface area contributed by atoms with Crippen LogP contribution in [0, 0.1) is 0 Å². The van der Waals surface area contributed by atoms with Gasteiger partial charge in [0.25, 0.3) is 10.0 Å². The van der Waals surface area contributed by atoms with E-state index in [2.05, 4.69) is 15.4 Å². The Labute approximate surface area is 221 Å². The molecule has 0 saturated heterocycles. The topological polar surface area (TPSA) is 125 Å². The first-order valence-corrected chi connectivity index (χ1v) is 13.4. The summed E-state index contributed by atoms with van der Waals surface area (Å²) in [5.41, 5.74) is 3.04. The van der Waals surface area contributed by atoms with Gasteiger partial charge in [0.05, 0.1) is 11.3 Å². The number of aliphatic carboxylic acids is 1. The maximum absolute atomic E-state index is 13.1. The predicted molar refractivity (Wildman–Crippen MR) is 147 cm³/mol. The fourth-order valence-corrected chi connectivity index (χ4v) is 5.11. The second-order valence-electron chi connectivity index (χ2n) is 8.61. The molecule has 4 aromatic rings. The van der Waals surface area contributed by atoms with Gasteiger partial charge >= 0.3 is 12.0 Å². The van der Waals surface area contributed by atoms with Crippen LogP contribution in [0.3, 0.4) is 0 Å². The summed E-state index contributed by atoms with van der Waals surface area (Å²) in [5.74, 6) is -1.40. The molecule has 8 nitrogen and oxygen atoms in total. The first-order chi connectivity index (χ1) is 18.3. The van der Waals surface area contributed by atoms with Crippen LogP contribution >= 0.6 is 0 Å². The number of carbonyl (C=O) groups excluding carboxylic acids is 1. The van der Waals surface area contributed by atoms with Crippen LogP contribution in [0.25, 0.3) is 0 Å². The minimum absolute atomic E-state index is 0.0334. The average molecular weight is 530 g/mol. The highest BCUT2D eigenvalue weighted by molar-refractivity contribution is 7.92. The molecule has 2 amide bonds. The molecule has 38 heavy (non-hydrogen) atoms. The van der Waals surface area contributed by atoms with Gasteiger partial charge in [0, 0.05) is 23.8 Å². The summed E-state index contributed by atoms with van der Waals surface area (Å²) in [7, 11) is -4.00. The quantitative estimate of drug-likeness (QED) is 0.218. The molecule has 4 N–H and O–H groups in total. The third kappa shape index (κ3) is 7.21. The van der Waals surface area contributed by atoms with Crippen molar-refractivity contribution in [3.63, 3.8) is 0 Å². The summed E-state index contributed by atoms with van der Waals surface area (Å²) in [5, 5.41) is 14.8. The number of rotatable bonds is 10. The highest BCUT2D eigenvalue weighted by Crippen LogP contribution is 2.30. The Morgan fingerprint density at radius 2 is 1.37 bits per heavy atom. The number of hydrogen-bond acceptors (Lipinski definition) is 4. The highest BCUT2D eigenvalue weighted by Gasteiger charge is 2.20. The summed E-state index contributed by atoms with van der Waals surface area (Å²) >= 11 is 0. The molecule has 0 spiro atoms. The number of amides is 2. The number of urea groups is 1. The Morgan fingerprint density at radius 1 is 0.737 bits per heavy atom. The molecule has 1 unspecified atom stereocenters. The number of hydrogen-bond donors (Lipinski definition) is 4. The van der Waals surface area contributed by atoms with Gasteiger partial charge < -0.3 is 15.7 Å². The van der Waals surface area contributed by atoms with Crippen LogP contribution < -0.4 is 15.4 Å². The van der Waals surface area contributed by atoms with Gasteiger partial charge in [-0.15, -0.1) is 0 Å². The van der Waals surface area contributed by atoms with Gasteiger partial charge in [-0.05, 0) is 47.0 Å². The Hall–Kier alpha value is -4.63. The van der Waals surface area contributed by atoms with E-state index in [-0.39, 0.29) is 11.3 Å². The van der Waals surface area contributed by atoms with Crippen molar-refractivity contribution in [1.82, 2.24) is 5.32 Å². The van der Waals surface area contributed by atoms with E-state index >= 15 is 0 Å². The zero-order valence-corrected chi connectivity index (χ0v) is 21.2. The van der Waals surface area contributed by atoms with Crippen LogP contribution in [0.1, 0.15) is 29.0 Å². The van der Waals surface area contributed by atoms with Gasteiger partial charge in [0.1, 0.15) is 0 Å². The molecule has 0 heterocycles. The molecule has 4 aromatic carbocycles. The fraction of sp³-hybridized carbons (Fsp3) is 0.103. The van der Waals surface area contributed by atoms with Gasteiger partial charge in [-0.1, -0.05) is 78.9 Å². The minimum Gasteiger partial charge on any atom is -0.481 e. The van der Waals surface area contributed by atoms with Crippen LogP contribution in [0.4, 0.5) is 16.2 Å². The molecule has 0 radical (unpaired) electrons. The number of nitrogens with one attached hydrogen (secondary N) is 3. The van der Waals surface area contributed by atoms with Crippen molar-refractivity contribution in [3.05, 3.63) is 126 Å².